The molecule has 0 aromatic heterocycles. The predicted octanol–water partition coefficient (Wildman–Crippen LogP) is -4.10. The Morgan fingerprint density at radius 2 is 1.92 bits per heavy atom. The van der Waals surface area contributed by atoms with Crippen LogP contribution in [-0.2, 0) is 24.2 Å². The van der Waals surface area contributed by atoms with Crippen molar-refractivity contribution in [3.8, 4) is 5.75 Å². The first kappa shape index (κ1) is 31.7. The second-order valence-corrected chi connectivity index (χ2v) is 11.5. The van der Waals surface area contributed by atoms with Gasteiger partial charge >= 0.3 is 5.97 Å². The van der Waals surface area contributed by atoms with E-state index in [1.165, 1.54) is 26.2 Å². The first-order valence-corrected chi connectivity index (χ1v) is 13.6. The summed E-state index contributed by atoms with van der Waals surface area (Å²) in [4.78, 5) is 37.5. The van der Waals surface area contributed by atoms with E-state index < -0.39 is 58.1 Å². The Morgan fingerprint density at radius 3 is 2.47 bits per heavy atom. The smallest absolute Gasteiger partial charge is 0.335 e. The number of anilines is 1. The van der Waals surface area contributed by atoms with Gasteiger partial charge in [0.15, 0.2) is 22.0 Å². The van der Waals surface area contributed by atoms with Gasteiger partial charge in [-0.05, 0) is 13.0 Å². The normalized spacial score (nSPS) is 29.4. The molecule has 1 amide bonds. The zero-order valence-electron chi connectivity index (χ0n) is 21.3. The Morgan fingerprint density at radius 1 is 1.26 bits per heavy atom. The first-order chi connectivity index (χ1) is 17.3. The van der Waals surface area contributed by atoms with Crippen molar-refractivity contribution in [2.75, 3.05) is 38.2 Å². The minimum absolute atomic E-state index is 0. The van der Waals surface area contributed by atoms with Gasteiger partial charge in [0.2, 0.25) is 5.78 Å². The van der Waals surface area contributed by atoms with Crippen molar-refractivity contribution in [2.45, 2.75) is 62.2 Å². The number of nitrogens with zero attached hydrogens (tertiary/aromatic N) is 1. The quantitative estimate of drug-likeness (QED) is 0.140. The molecule has 1 aromatic carbocycles. The van der Waals surface area contributed by atoms with Crippen LogP contribution in [0.4, 0.5) is 5.69 Å². The average molecular weight is 580 g/mol. The molecule has 0 saturated carbocycles. The molecule has 2 fully saturated rings. The van der Waals surface area contributed by atoms with E-state index in [0.717, 1.165) is 0 Å². The third kappa shape index (κ3) is 5.60. The van der Waals surface area contributed by atoms with E-state index in [1.54, 1.807) is 6.92 Å². The average Bonchev–Trinajstić information content (AvgIpc) is 3.28. The highest BCUT2D eigenvalue weighted by Gasteiger charge is 2.58. The van der Waals surface area contributed by atoms with Crippen LogP contribution >= 0.6 is 0 Å². The number of ketones is 1. The number of nitrogens with two attached hydrogens (primary N) is 1. The first-order valence-electron chi connectivity index (χ1n) is 12.0. The highest BCUT2D eigenvalue weighted by atomic mass is 35.5. The molecule has 0 bridgehead atoms. The summed E-state index contributed by atoms with van der Waals surface area (Å²) in [7, 11) is -2.40. The number of aliphatic hydroxyl groups excluding tert-OH is 2. The van der Waals surface area contributed by atoms with Crippen molar-refractivity contribution in [1.29, 1.82) is 0 Å². The number of carboxylic acid groups (broad SMARTS) is 1. The number of aliphatic hydroxyl groups is 2. The largest absolute Gasteiger partial charge is 1.00 e. The number of likely N-dealkylation sites (tertiary alicyclic amines) is 1. The Kier molecular flexibility index (Phi) is 10.1. The van der Waals surface area contributed by atoms with Crippen molar-refractivity contribution < 1.29 is 64.5 Å². The molecule has 0 spiro atoms. The van der Waals surface area contributed by atoms with Crippen LogP contribution in [0.25, 0.3) is 0 Å². The molecule has 15 heteroatoms. The Bertz CT molecular complexity index is 1180. The SMILES string of the molecule is CC[N+]1(C2OC(C(=O)O)C(O)C(O)C2=O)CCCC1CNC(=O)c1cc(S(=O)(=O)CC)c(N)cc1OC.[Cl-]. The minimum atomic E-state index is -3.72. The van der Waals surface area contributed by atoms with Crippen LogP contribution < -0.4 is 28.2 Å². The summed E-state index contributed by atoms with van der Waals surface area (Å²) >= 11 is 0. The van der Waals surface area contributed by atoms with Gasteiger partial charge in [0.05, 0.1) is 48.6 Å². The van der Waals surface area contributed by atoms with Crippen molar-refractivity contribution in [3.05, 3.63) is 17.7 Å². The number of rotatable bonds is 9. The fourth-order valence-corrected chi connectivity index (χ4v) is 6.26. The molecule has 2 aliphatic rings. The molecule has 1 aromatic rings. The maximum atomic E-state index is 13.2. The van der Waals surface area contributed by atoms with E-state index in [-0.39, 0.29) is 51.1 Å². The molecule has 2 heterocycles. The van der Waals surface area contributed by atoms with Gasteiger partial charge in [0.25, 0.3) is 12.1 Å². The molecule has 2 saturated heterocycles. The van der Waals surface area contributed by atoms with E-state index in [1.807, 2.05) is 0 Å². The highest BCUT2D eigenvalue weighted by Crippen LogP contribution is 2.35. The van der Waals surface area contributed by atoms with Gasteiger partial charge < -0.3 is 48.3 Å². The summed E-state index contributed by atoms with van der Waals surface area (Å²) in [6.45, 7) is 4.04. The number of benzene rings is 1. The fraction of sp³-hybridized carbons (Fsp3) is 0.609. The minimum Gasteiger partial charge on any atom is -1.00 e. The van der Waals surface area contributed by atoms with E-state index >= 15 is 0 Å². The maximum Gasteiger partial charge on any atom is 0.335 e. The Hall–Kier alpha value is -2.49. The monoisotopic (exact) mass is 579 g/mol. The van der Waals surface area contributed by atoms with Crippen LogP contribution in [0.2, 0.25) is 0 Å². The van der Waals surface area contributed by atoms with Crippen LogP contribution in [0.15, 0.2) is 17.0 Å². The molecular weight excluding hydrogens is 546 g/mol. The molecule has 214 valence electrons. The second-order valence-electron chi connectivity index (χ2n) is 9.23. The maximum absolute atomic E-state index is 13.2. The summed E-state index contributed by atoms with van der Waals surface area (Å²) in [5.74, 6) is -3.08. The number of quaternary nitrogens is 1. The number of carbonyl (C=O) groups excluding carboxylic acids is 2. The van der Waals surface area contributed by atoms with Gasteiger partial charge in [0.1, 0.15) is 17.9 Å². The number of carbonyl (C=O) groups is 3. The van der Waals surface area contributed by atoms with Crippen molar-refractivity contribution in [2.24, 2.45) is 0 Å². The van der Waals surface area contributed by atoms with E-state index in [9.17, 15) is 38.1 Å². The number of sulfone groups is 1. The number of carboxylic acids is 1. The van der Waals surface area contributed by atoms with Crippen molar-refractivity contribution in [1.82, 2.24) is 5.32 Å². The lowest BCUT2D eigenvalue weighted by Crippen LogP contribution is -3.00. The second kappa shape index (κ2) is 12.1. The number of amides is 1. The van der Waals surface area contributed by atoms with Crippen molar-refractivity contribution >= 4 is 33.2 Å². The fourth-order valence-electron chi connectivity index (χ4n) is 5.23. The summed E-state index contributed by atoms with van der Waals surface area (Å²) in [5, 5.41) is 32.5. The van der Waals surface area contributed by atoms with Gasteiger partial charge in [-0.25, -0.2) is 13.2 Å². The topological polar surface area (TPSA) is 203 Å². The van der Waals surface area contributed by atoms with Crippen LogP contribution in [0, 0.1) is 0 Å². The van der Waals surface area contributed by atoms with Crippen LogP contribution in [-0.4, -0.2) is 109 Å². The van der Waals surface area contributed by atoms with Gasteiger partial charge in [-0.2, -0.15) is 0 Å². The third-order valence-electron chi connectivity index (χ3n) is 7.37. The number of ether oxygens (including phenoxy) is 2. The van der Waals surface area contributed by atoms with E-state index in [4.69, 9.17) is 15.2 Å². The lowest BCUT2D eigenvalue weighted by Gasteiger charge is -2.47. The summed E-state index contributed by atoms with van der Waals surface area (Å²) in [5.41, 5.74) is 5.80. The van der Waals surface area contributed by atoms with E-state index in [2.05, 4.69) is 5.32 Å². The molecule has 6 atom stereocenters. The van der Waals surface area contributed by atoms with Gasteiger partial charge in [-0.1, -0.05) is 6.92 Å². The number of hydrogen-bond donors (Lipinski definition) is 5. The Balaban J connectivity index is 0.00000507. The lowest BCUT2D eigenvalue weighted by molar-refractivity contribution is -0.971. The standard InChI is InChI=1S/C23H33N3O10S.ClH/c1-4-26(22-19(29)17(27)18(28)20(36-22)23(31)32)8-6-7-12(26)11-25-21(30)13-9-16(37(33,34)5-2)14(24)10-15(13)35-3;/h9-10,12,17-18,20,22,27-28H,4-8,11H2,1-3H3,(H3-,24,25,30,31,32);1H. The van der Waals surface area contributed by atoms with Crippen LogP contribution in [0.3, 0.4) is 0 Å². The number of Topliss-reactive ketones (excluding diaryl/α,β-unsaturated/α-hetero) is 1. The molecule has 6 N–H and O–H groups in total. The zero-order chi connectivity index (χ0) is 27.7. The summed E-state index contributed by atoms with van der Waals surface area (Å²) < 4.78 is 35.6. The zero-order valence-corrected chi connectivity index (χ0v) is 22.9. The van der Waals surface area contributed by atoms with Crippen molar-refractivity contribution in [3.63, 3.8) is 0 Å². The predicted molar refractivity (Wildman–Crippen MR) is 129 cm³/mol. The number of hydrogen-bond acceptors (Lipinski definition) is 10. The summed E-state index contributed by atoms with van der Waals surface area (Å²) in [6, 6.07) is 2.05. The molecular formula is C23H34ClN3O10S. The van der Waals surface area contributed by atoms with Gasteiger partial charge in [-0.3, -0.25) is 14.1 Å². The number of nitrogen functional groups attached to an aromatic ring is 1. The van der Waals surface area contributed by atoms with Crippen LogP contribution in [0.1, 0.15) is 37.0 Å². The summed E-state index contributed by atoms with van der Waals surface area (Å²) in [6.07, 6.45) is -5.75. The molecule has 13 nitrogen and oxygen atoms in total. The van der Waals surface area contributed by atoms with Crippen LogP contribution in [0.5, 0.6) is 5.75 Å². The molecule has 0 aliphatic carbocycles. The Labute approximate surface area is 226 Å². The molecule has 2 aliphatic heterocycles. The highest BCUT2D eigenvalue weighted by molar-refractivity contribution is 7.91. The lowest BCUT2D eigenvalue weighted by atomic mass is 9.97. The molecule has 6 unspecified atom stereocenters. The van der Waals surface area contributed by atoms with Gasteiger partial charge in [-0.15, -0.1) is 0 Å². The molecule has 3 rings (SSSR count). The number of halogens is 1. The third-order valence-corrected chi connectivity index (χ3v) is 9.16. The molecule has 0 radical (unpaired) electrons. The van der Waals surface area contributed by atoms with Gasteiger partial charge in [0, 0.05) is 18.9 Å². The number of nitrogens with one attached hydrogen (secondary N) is 1. The molecule has 38 heavy (non-hydrogen) atoms. The number of methoxy groups -OCH3 is 1. The van der Waals surface area contributed by atoms with E-state index in [0.29, 0.717) is 25.9 Å². The number of aliphatic carboxylic acids is 1. The number of likely N-dealkylation sites (N-methyl/N-ethyl adjacent to an activating group) is 1.